The van der Waals surface area contributed by atoms with Gasteiger partial charge >= 0.3 is 0 Å². The van der Waals surface area contributed by atoms with Crippen molar-refractivity contribution >= 4 is 29.1 Å². The highest BCUT2D eigenvalue weighted by Crippen LogP contribution is 2.16. The summed E-state index contributed by atoms with van der Waals surface area (Å²) in [6.45, 7) is 1.28. The van der Waals surface area contributed by atoms with Gasteiger partial charge in [-0.15, -0.1) is 0 Å². The molecule has 0 unspecified atom stereocenters. The maximum absolute atomic E-state index is 12.5. The van der Waals surface area contributed by atoms with E-state index in [1.54, 1.807) is 29.6 Å². The first kappa shape index (κ1) is 15.5. The molecule has 0 aliphatic carbocycles. The third-order valence-electron chi connectivity index (χ3n) is 3.70. The second-order valence-electron chi connectivity index (χ2n) is 5.29. The van der Waals surface area contributed by atoms with E-state index in [1.165, 1.54) is 0 Å². The number of carbonyl (C=O) groups excluding carboxylic acids is 1. The van der Waals surface area contributed by atoms with E-state index in [1.807, 2.05) is 13.1 Å². The average Bonchev–Trinajstić information content (AvgIpc) is 3.05. The third kappa shape index (κ3) is 3.68. The predicted molar refractivity (Wildman–Crippen MR) is 88.8 cm³/mol. The van der Waals surface area contributed by atoms with Crippen LogP contribution in [-0.2, 0) is 0 Å². The summed E-state index contributed by atoms with van der Waals surface area (Å²) in [4.78, 5) is 26.7. The lowest BCUT2D eigenvalue weighted by Crippen LogP contribution is -2.32. The zero-order chi connectivity index (χ0) is 16.2. The van der Waals surface area contributed by atoms with Crippen LogP contribution < -0.4 is 10.6 Å². The summed E-state index contributed by atoms with van der Waals surface area (Å²) in [5.41, 5.74) is 1.33. The molecule has 1 amide bonds. The van der Waals surface area contributed by atoms with Gasteiger partial charge in [-0.25, -0.2) is 15.0 Å². The van der Waals surface area contributed by atoms with Crippen LogP contribution in [0.1, 0.15) is 16.9 Å². The molecular weight excluding hydrogens is 316 g/mol. The smallest absolute Gasteiger partial charge is 0.272 e. The number of carbonyl (C=O) groups is 1. The van der Waals surface area contributed by atoms with Crippen LogP contribution in [0, 0.1) is 0 Å². The topological polar surface area (TPSA) is 83.0 Å². The van der Waals surface area contributed by atoms with Crippen LogP contribution in [0.4, 0.5) is 11.6 Å². The van der Waals surface area contributed by atoms with Gasteiger partial charge in [-0.05, 0) is 18.6 Å². The molecule has 1 aliphatic rings. The fraction of sp³-hybridized carbons (Fsp3) is 0.333. The second-order valence-corrected chi connectivity index (χ2v) is 5.72. The molecule has 0 saturated carbocycles. The molecule has 3 rings (SSSR count). The molecule has 23 heavy (non-hydrogen) atoms. The van der Waals surface area contributed by atoms with Crippen LogP contribution in [-0.4, -0.2) is 51.9 Å². The first-order chi connectivity index (χ1) is 11.2. The maximum Gasteiger partial charge on any atom is 0.272 e. The highest BCUT2D eigenvalue weighted by Gasteiger charge is 2.27. The molecule has 7 nitrogen and oxygen atoms in total. The van der Waals surface area contributed by atoms with E-state index in [4.69, 9.17) is 11.6 Å². The van der Waals surface area contributed by atoms with E-state index in [0.717, 1.165) is 12.1 Å². The lowest BCUT2D eigenvalue weighted by Gasteiger charge is -2.16. The average molecular weight is 333 g/mol. The molecule has 1 aliphatic heterocycles. The third-order valence-corrected chi connectivity index (χ3v) is 3.90. The fourth-order valence-electron chi connectivity index (χ4n) is 2.46. The molecule has 3 heterocycles. The Bertz CT molecular complexity index is 675. The van der Waals surface area contributed by atoms with Crippen molar-refractivity contribution in [3.05, 3.63) is 41.4 Å². The summed E-state index contributed by atoms with van der Waals surface area (Å²) >= 11 is 5.77. The molecule has 0 spiro atoms. The van der Waals surface area contributed by atoms with Crippen molar-refractivity contribution < 1.29 is 4.79 Å². The lowest BCUT2D eigenvalue weighted by molar-refractivity contribution is 0.0786. The van der Waals surface area contributed by atoms with E-state index >= 15 is 0 Å². The highest BCUT2D eigenvalue weighted by molar-refractivity contribution is 6.30. The predicted octanol–water partition coefficient (Wildman–Crippen LogP) is 1.89. The molecule has 120 valence electrons. The minimum atomic E-state index is -0.0611. The second kappa shape index (κ2) is 6.78. The molecular formula is C15H17ClN6O. The number of hydrogen-bond acceptors (Lipinski definition) is 6. The Kier molecular flexibility index (Phi) is 4.57. The Hall–Kier alpha value is -2.41. The van der Waals surface area contributed by atoms with Gasteiger partial charge in [0.1, 0.15) is 5.69 Å². The minimum absolute atomic E-state index is 0.0611. The number of pyridine rings is 1. The fourth-order valence-corrected chi connectivity index (χ4v) is 2.56. The summed E-state index contributed by atoms with van der Waals surface area (Å²) in [5.74, 6) is 0.458. The van der Waals surface area contributed by atoms with E-state index in [0.29, 0.717) is 29.8 Å². The van der Waals surface area contributed by atoms with Gasteiger partial charge in [0, 0.05) is 26.2 Å². The van der Waals surface area contributed by atoms with Crippen molar-refractivity contribution in [3.8, 4) is 0 Å². The zero-order valence-electron chi connectivity index (χ0n) is 12.7. The van der Waals surface area contributed by atoms with Gasteiger partial charge in [-0.1, -0.05) is 11.6 Å². The van der Waals surface area contributed by atoms with Crippen LogP contribution in [0.2, 0.25) is 5.02 Å². The number of hydrogen-bond donors (Lipinski definition) is 2. The number of anilines is 2. The number of nitrogens with one attached hydrogen (secondary N) is 2. The van der Waals surface area contributed by atoms with E-state index < -0.39 is 0 Å². The molecule has 1 fully saturated rings. The highest BCUT2D eigenvalue weighted by atomic mass is 35.5. The molecule has 2 aromatic rings. The number of aromatic nitrogens is 3. The summed E-state index contributed by atoms with van der Waals surface area (Å²) in [7, 11) is 1.81. The Morgan fingerprint density at radius 3 is 2.70 bits per heavy atom. The van der Waals surface area contributed by atoms with Crippen molar-refractivity contribution in [1.82, 2.24) is 19.9 Å². The minimum Gasteiger partial charge on any atom is -0.387 e. The van der Waals surface area contributed by atoms with Gasteiger partial charge in [-0.2, -0.15) is 0 Å². The quantitative estimate of drug-likeness (QED) is 0.889. The van der Waals surface area contributed by atoms with Crippen LogP contribution in [0.25, 0.3) is 0 Å². The van der Waals surface area contributed by atoms with Gasteiger partial charge in [0.05, 0.1) is 29.3 Å². The van der Waals surface area contributed by atoms with Gasteiger partial charge in [-0.3, -0.25) is 4.79 Å². The van der Waals surface area contributed by atoms with Crippen molar-refractivity contribution in [2.75, 3.05) is 30.8 Å². The monoisotopic (exact) mass is 332 g/mol. The number of likely N-dealkylation sites (tertiary alicyclic amines) is 1. The largest absolute Gasteiger partial charge is 0.387 e. The molecule has 8 heteroatoms. The first-order valence-corrected chi connectivity index (χ1v) is 7.70. The Morgan fingerprint density at radius 2 is 2.04 bits per heavy atom. The van der Waals surface area contributed by atoms with Crippen molar-refractivity contribution in [2.24, 2.45) is 0 Å². The summed E-state index contributed by atoms with van der Waals surface area (Å²) in [5, 5.41) is 6.69. The van der Waals surface area contributed by atoms with Crippen LogP contribution >= 0.6 is 11.6 Å². The van der Waals surface area contributed by atoms with Crippen molar-refractivity contribution in [1.29, 1.82) is 0 Å². The van der Waals surface area contributed by atoms with Crippen LogP contribution in [0.5, 0.6) is 0 Å². The summed E-state index contributed by atoms with van der Waals surface area (Å²) < 4.78 is 0. The lowest BCUT2D eigenvalue weighted by atomic mass is 10.3. The van der Waals surface area contributed by atoms with Gasteiger partial charge < -0.3 is 15.5 Å². The van der Waals surface area contributed by atoms with E-state index in [9.17, 15) is 4.79 Å². The standard InChI is InChI=1S/C15H17ClN6O/c1-17-11-2-3-13(18-8-11)14(23)22-5-4-12(9-22)21-15-19-6-10(16)7-20-15/h2-3,6-8,12,17H,4-5,9H2,1H3,(H,19,20,21)/t12-/m1/s1. The van der Waals surface area contributed by atoms with E-state index in [2.05, 4.69) is 25.6 Å². The summed E-state index contributed by atoms with van der Waals surface area (Å²) in [6, 6.07) is 3.70. The number of rotatable bonds is 4. The Labute approximate surface area is 139 Å². The molecule has 0 aromatic carbocycles. The van der Waals surface area contributed by atoms with Crippen LogP contribution in [0.3, 0.4) is 0 Å². The maximum atomic E-state index is 12.5. The van der Waals surface area contributed by atoms with Crippen molar-refractivity contribution in [3.63, 3.8) is 0 Å². The molecule has 0 radical (unpaired) electrons. The molecule has 2 N–H and O–H groups in total. The zero-order valence-corrected chi connectivity index (χ0v) is 13.4. The van der Waals surface area contributed by atoms with Gasteiger partial charge in [0.2, 0.25) is 5.95 Å². The first-order valence-electron chi connectivity index (χ1n) is 7.33. The molecule has 2 aromatic heterocycles. The molecule has 0 bridgehead atoms. The number of nitrogens with zero attached hydrogens (tertiary/aromatic N) is 4. The van der Waals surface area contributed by atoms with Crippen LogP contribution in [0.15, 0.2) is 30.7 Å². The molecule has 1 atom stereocenters. The normalized spacial score (nSPS) is 17.1. The Morgan fingerprint density at radius 1 is 1.26 bits per heavy atom. The number of amides is 1. The van der Waals surface area contributed by atoms with Gasteiger partial charge in [0.15, 0.2) is 0 Å². The van der Waals surface area contributed by atoms with Gasteiger partial charge in [0.25, 0.3) is 5.91 Å². The summed E-state index contributed by atoms with van der Waals surface area (Å²) in [6.07, 6.45) is 5.58. The SMILES string of the molecule is CNc1ccc(C(=O)N2CC[C@@H](Nc3ncc(Cl)cn3)C2)nc1. The Balaban J connectivity index is 1.60. The van der Waals surface area contributed by atoms with Crippen molar-refractivity contribution in [2.45, 2.75) is 12.5 Å². The number of halogens is 1. The molecule has 1 saturated heterocycles. The van der Waals surface area contributed by atoms with E-state index in [-0.39, 0.29) is 11.9 Å².